The number of rotatable bonds is 0. The van der Waals surface area contributed by atoms with Crippen LogP contribution in [0.1, 0.15) is 0 Å². The molecule has 0 rings (SSSR count). The molecular weight excluding hydrogens is 485 g/mol. The van der Waals surface area contributed by atoms with Crippen molar-refractivity contribution in [3.63, 3.8) is 0 Å². The zero-order valence-electron chi connectivity index (χ0n) is 4.13. The molecule has 0 radical (unpaired) electrons. The summed E-state index contributed by atoms with van der Waals surface area (Å²) in [5.74, 6) is 0. The Morgan fingerprint density at radius 1 is 0.833 bits per heavy atom. The monoisotopic (exact) mass is 496 g/mol. The van der Waals surface area contributed by atoms with Crippen molar-refractivity contribution in [1.82, 2.24) is 0 Å². The minimum atomic E-state index is -0.269. The Kier molecular flexibility index (Phi) is 26.7. The van der Waals surface area contributed by atoms with Crippen molar-refractivity contribution >= 4 is 48.0 Å². The normalized spacial score (nSPS) is 7.50. The maximum atomic E-state index is 2.32. The van der Waals surface area contributed by atoms with E-state index >= 15 is 0 Å². The molecule has 47 valence electrons. The summed E-state index contributed by atoms with van der Waals surface area (Å²) in [5, 5.41) is 6.97. The fraction of sp³-hybridized carbons (Fsp3) is 1.00. The van der Waals surface area contributed by atoms with Crippen LogP contribution in [0.4, 0.5) is 0 Å². The Morgan fingerprint density at radius 2 is 0.833 bits per heavy atom. The summed E-state index contributed by atoms with van der Waals surface area (Å²) in [7, 11) is 0. The van der Waals surface area contributed by atoms with Crippen molar-refractivity contribution < 1.29 is 17.3 Å². The third kappa shape index (κ3) is 35.3. The van der Waals surface area contributed by atoms with Crippen LogP contribution in [0.15, 0.2) is 0 Å². The second kappa shape index (κ2) is 10.2. The van der Waals surface area contributed by atoms with Crippen molar-refractivity contribution in [2.45, 2.75) is 15.9 Å². The quantitative estimate of drug-likeness (QED) is 0.453. The van der Waals surface area contributed by atoms with Gasteiger partial charge in [0.15, 0.2) is 0 Å². The van der Waals surface area contributed by atoms with Crippen molar-refractivity contribution in [2.24, 2.45) is 0 Å². The Labute approximate surface area is 80.1 Å². The average molecular weight is 496 g/mol. The summed E-state index contributed by atoms with van der Waals surface area (Å²) in [5.41, 5.74) is 0. The van der Waals surface area contributed by atoms with Crippen LogP contribution in [0, 0.1) is 0 Å². The van der Waals surface area contributed by atoms with Crippen LogP contribution in [0.3, 0.4) is 0 Å². The summed E-state index contributed by atoms with van der Waals surface area (Å²) in [4.78, 5) is 0. The first-order valence-electron chi connectivity index (χ1n) is 0.949. The molecule has 0 saturated carbocycles. The van der Waals surface area contributed by atoms with E-state index < -0.39 is 0 Å². The molecule has 0 amide bonds. The van der Waals surface area contributed by atoms with Gasteiger partial charge in [-0.15, -0.1) is 48.0 Å². The molecule has 0 atom stereocenters. The van der Waals surface area contributed by atoms with Crippen LogP contribution in [-0.4, -0.2) is 0 Å². The minimum absolute atomic E-state index is 0. The average Bonchev–Trinajstić information content (AvgIpc) is 0.811. The molecular formula is C3H11I2Pt. The second-order valence-electron chi connectivity index (χ2n) is 0.949. The van der Waals surface area contributed by atoms with Gasteiger partial charge in [0.25, 0.3) is 0 Å². The molecule has 3 heteroatoms. The molecule has 0 spiro atoms. The molecule has 0 N–H and O–H groups in total. The molecule has 0 aromatic heterocycles. The van der Waals surface area contributed by atoms with E-state index in [2.05, 4.69) is 15.9 Å². The zero-order chi connectivity index (χ0) is 3.58. The van der Waals surface area contributed by atoms with Gasteiger partial charge in [0, 0.05) is 0 Å². The van der Waals surface area contributed by atoms with E-state index in [9.17, 15) is 0 Å². The van der Waals surface area contributed by atoms with Crippen LogP contribution in [0.2, 0.25) is 15.9 Å². The Balaban J connectivity index is -0.0000000450. The fourth-order valence-corrected chi connectivity index (χ4v) is 0. The molecule has 0 heterocycles. The van der Waals surface area contributed by atoms with Gasteiger partial charge in [-0.1, -0.05) is 0 Å². The maximum absolute atomic E-state index is 2.32. The molecule has 0 nitrogen and oxygen atoms in total. The molecule has 0 fully saturated rings. The van der Waals surface area contributed by atoms with E-state index in [1.807, 2.05) is 0 Å². The van der Waals surface area contributed by atoms with Crippen molar-refractivity contribution in [2.75, 3.05) is 0 Å². The van der Waals surface area contributed by atoms with Crippen molar-refractivity contribution in [1.29, 1.82) is 0 Å². The predicted molar refractivity (Wildman–Crippen MR) is 48.4 cm³/mol. The number of hydrogen-bond donors (Lipinski definition) is 0. The van der Waals surface area contributed by atoms with Gasteiger partial charge in [-0.3, -0.25) is 0 Å². The Morgan fingerprint density at radius 3 is 0.833 bits per heavy atom. The van der Waals surface area contributed by atoms with Gasteiger partial charge in [-0.25, -0.2) is 0 Å². The SMILES string of the molecule is I.I.[CH3][Pt]([CH3])[CH3]. The van der Waals surface area contributed by atoms with E-state index in [0.717, 1.165) is 0 Å². The van der Waals surface area contributed by atoms with Gasteiger partial charge >= 0.3 is 33.3 Å². The van der Waals surface area contributed by atoms with Gasteiger partial charge in [-0.05, 0) is 0 Å². The first-order valence-corrected chi connectivity index (χ1v) is 7.77. The molecule has 0 aromatic rings. The van der Waals surface area contributed by atoms with Crippen LogP contribution in [-0.2, 0) is 17.3 Å². The number of halogens is 2. The first kappa shape index (κ1) is 15.7. The van der Waals surface area contributed by atoms with Crippen LogP contribution < -0.4 is 0 Å². The predicted octanol–water partition coefficient (Wildman–Crippen LogP) is 2.98. The van der Waals surface area contributed by atoms with Crippen LogP contribution in [0.25, 0.3) is 0 Å². The van der Waals surface area contributed by atoms with Gasteiger partial charge in [-0.2, -0.15) is 0 Å². The summed E-state index contributed by atoms with van der Waals surface area (Å²) in [6, 6.07) is 0. The molecule has 0 bridgehead atoms. The summed E-state index contributed by atoms with van der Waals surface area (Å²) >= 11 is -0.269. The summed E-state index contributed by atoms with van der Waals surface area (Å²) in [6.07, 6.45) is 0. The fourth-order valence-electron chi connectivity index (χ4n) is 0. The Hall–Kier alpha value is 2.15. The molecule has 0 saturated heterocycles. The van der Waals surface area contributed by atoms with Gasteiger partial charge < -0.3 is 0 Å². The standard InChI is InChI=1S/3CH3.2HI.Pt/h3*1H3;2*1H;. The third-order valence-corrected chi connectivity index (χ3v) is 0. The van der Waals surface area contributed by atoms with Gasteiger partial charge in [0.2, 0.25) is 0 Å². The summed E-state index contributed by atoms with van der Waals surface area (Å²) in [6.45, 7) is 0. The molecule has 0 unspecified atom stereocenters. The van der Waals surface area contributed by atoms with E-state index in [1.54, 1.807) is 0 Å². The van der Waals surface area contributed by atoms with Gasteiger partial charge in [0.1, 0.15) is 0 Å². The van der Waals surface area contributed by atoms with Crippen molar-refractivity contribution in [3.8, 4) is 0 Å². The molecule has 0 aliphatic rings. The van der Waals surface area contributed by atoms with Crippen LogP contribution >= 0.6 is 48.0 Å². The molecule has 6 heavy (non-hydrogen) atoms. The molecule has 0 aliphatic carbocycles. The topological polar surface area (TPSA) is 0 Å². The summed E-state index contributed by atoms with van der Waals surface area (Å²) < 4.78 is 0. The molecule has 0 aromatic carbocycles. The molecule has 0 aliphatic heterocycles. The van der Waals surface area contributed by atoms with E-state index in [-0.39, 0.29) is 65.3 Å². The van der Waals surface area contributed by atoms with E-state index in [4.69, 9.17) is 0 Å². The zero-order valence-corrected chi connectivity index (χ0v) is 11.1. The second-order valence-corrected chi connectivity index (χ2v) is 7.77. The van der Waals surface area contributed by atoms with E-state index in [0.29, 0.717) is 0 Å². The number of hydrogen-bond acceptors (Lipinski definition) is 0. The van der Waals surface area contributed by atoms with E-state index in [1.165, 1.54) is 0 Å². The van der Waals surface area contributed by atoms with Crippen LogP contribution in [0.5, 0.6) is 0 Å². The Bertz CT molecular complexity index is 13.5. The first-order chi connectivity index (χ1) is 1.73. The van der Waals surface area contributed by atoms with Crippen molar-refractivity contribution in [3.05, 3.63) is 0 Å². The third-order valence-electron chi connectivity index (χ3n) is 0. The van der Waals surface area contributed by atoms with Gasteiger partial charge in [0.05, 0.1) is 0 Å².